The molecule has 1 aromatic heterocycles. The molecule has 23 heavy (non-hydrogen) atoms. The van der Waals surface area contributed by atoms with Gasteiger partial charge in [-0.1, -0.05) is 44.2 Å². The van der Waals surface area contributed by atoms with E-state index in [1.165, 1.54) is 60.9 Å². The van der Waals surface area contributed by atoms with Gasteiger partial charge in [-0.3, -0.25) is 4.98 Å². The van der Waals surface area contributed by atoms with Crippen molar-refractivity contribution in [3.8, 4) is 0 Å². The van der Waals surface area contributed by atoms with Crippen LogP contribution in [0, 0.1) is 6.92 Å². The van der Waals surface area contributed by atoms with Gasteiger partial charge < -0.3 is 5.32 Å². The van der Waals surface area contributed by atoms with Crippen LogP contribution in [0.5, 0.6) is 0 Å². The van der Waals surface area contributed by atoms with Crippen LogP contribution in [0.15, 0.2) is 18.2 Å². The van der Waals surface area contributed by atoms with Crippen LogP contribution in [0.25, 0.3) is 10.9 Å². The molecule has 1 heterocycles. The molecule has 3 heteroatoms. The molecular weight excluding hydrogens is 304 g/mol. The minimum absolute atomic E-state index is 0.786. The van der Waals surface area contributed by atoms with Gasteiger partial charge in [-0.25, -0.2) is 0 Å². The van der Waals surface area contributed by atoms with Crippen molar-refractivity contribution in [2.45, 2.75) is 57.8 Å². The van der Waals surface area contributed by atoms with Crippen molar-refractivity contribution >= 4 is 28.2 Å². The van der Waals surface area contributed by atoms with Gasteiger partial charge in [0.1, 0.15) is 0 Å². The lowest BCUT2D eigenvalue weighted by molar-refractivity contribution is 0.656. The predicted molar refractivity (Wildman–Crippen MR) is 100 cm³/mol. The SMILES string of the molecule is [CH2]CCCCCCNc1c2c(nc3ccc(Cl)cc13)CCCC2. The highest BCUT2D eigenvalue weighted by Gasteiger charge is 2.18. The number of hydrogen-bond donors (Lipinski definition) is 1. The lowest BCUT2D eigenvalue weighted by Gasteiger charge is -2.22. The first-order valence-electron chi connectivity index (χ1n) is 8.93. The Labute approximate surface area is 144 Å². The number of unbranched alkanes of at least 4 members (excludes halogenated alkanes) is 4. The maximum Gasteiger partial charge on any atom is 0.0727 e. The average Bonchev–Trinajstić information content (AvgIpc) is 2.57. The van der Waals surface area contributed by atoms with Crippen molar-refractivity contribution in [1.29, 1.82) is 0 Å². The number of hydrogen-bond acceptors (Lipinski definition) is 2. The minimum atomic E-state index is 0.786. The minimum Gasteiger partial charge on any atom is -0.384 e. The van der Waals surface area contributed by atoms with E-state index in [9.17, 15) is 0 Å². The molecule has 0 fully saturated rings. The summed E-state index contributed by atoms with van der Waals surface area (Å²) in [6.07, 6.45) is 10.8. The van der Waals surface area contributed by atoms with Crippen LogP contribution in [0.2, 0.25) is 5.02 Å². The van der Waals surface area contributed by atoms with E-state index in [1.807, 2.05) is 12.1 Å². The Hall–Kier alpha value is -1.28. The van der Waals surface area contributed by atoms with Crippen LogP contribution in [0.3, 0.4) is 0 Å². The second-order valence-corrected chi connectivity index (χ2v) is 6.91. The van der Waals surface area contributed by atoms with Gasteiger partial charge in [0.15, 0.2) is 0 Å². The van der Waals surface area contributed by atoms with E-state index in [-0.39, 0.29) is 0 Å². The van der Waals surface area contributed by atoms with Crippen LogP contribution < -0.4 is 5.32 Å². The highest BCUT2D eigenvalue weighted by atomic mass is 35.5. The number of anilines is 1. The molecule has 2 nitrogen and oxygen atoms in total. The smallest absolute Gasteiger partial charge is 0.0727 e. The number of fused-ring (bicyclic) bond motifs is 2. The van der Waals surface area contributed by atoms with E-state index < -0.39 is 0 Å². The number of pyridine rings is 1. The topological polar surface area (TPSA) is 24.9 Å². The van der Waals surface area contributed by atoms with Crippen molar-refractivity contribution in [2.24, 2.45) is 0 Å². The Morgan fingerprint density at radius 3 is 2.78 bits per heavy atom. The third kappa shape index (κ3) is 3.98. The number of nitrogens with zero attached hydrogens (tertiary/aromatic N) is 1. The third-order valence-corrected chi connectivity index (χ3v) is 4.94. The van der Waals surface area contributed by atoms with Gasteiger partial charge in [0.05, 0.1) is 5.52 Å². The Morgan fingerprint density at radius 1 is 1.09 bits per heavy atom. The Morgan fingerprint density at radius 2 is 1.91 bits per heavy atom. The van der Waals surface area contributed by atoms with Gasteiger partial charge in [-0.2, -0.15) is 0 Å². The van der Waals surface area contributed by atoms with Crippen LogP contribution in [-0.4, -0.2) is 11.5 Å². The van der Waals surface area contributed by atoms with E-state index in [4.69, 9.17) is 16.6 Å². The molecule has 1 radical (unpaired) electrons. The zero-order chi connectivity index (χ0) is 16.1. The van der Waals surface area contributed by atoms with E-state index in [2.05, 4.69) is 18.3 Å². The summed E-state index contributed by atoms with van der Waals surface area (Å²) < 4.78 is 0. The van der Waals surface area contributed by atoms with Crippen LogP contribution >= 0.6 is 11.6 Å². The summed E-state index contributed by atoms with van der Waals surface area (Å²) in [6.45, 7) is 4.93. The quantitative estimate of drug-likeness (QED) is 0.633. The average molecular weight is 330 g/mol. The van der Waals surface area contributed by atoms with Crippen molar-refractivity contribution < 1.29 is 0 Å². The number of nitrogens with one attached hydrogen (secondary N) is 1. The maximum absolute atomic E-state index is 6.23. The number of rotatable bonds is 7. The summed E-state index contributed by atoms with van der Waals surface area (Å²) in [5.41, 5.74) is 5.05. The van der Waals surface area contributed by atoms with Crippen molar-refractivity contribution in [2.75, 3.05) is 11.9 Å². The first-order chi connectivity index (χ1) is 11.3. The molecule has 0 atom stereocenters. The molecule has 2 aromatic rings. The standard InChI is InChI=1S/C20H26ClN2/c1-2-3-4-5-8-13-22-20-16-9-6-7-10-18(16)23-19-12-11-15(21)14-17(19)20/h11-12,14H,1-10,13H2,(H,22,23). The fourth-order valence-electron chi connectivity index (χ4n) is 3.47. The molecule has 0 spiro atoms. The molecular formula is C20H26ClN2. The zero-order valence-corrected chi connectivity index (χ0v) is 14.6. The van der Waals surface area contributed by atoms with Gasteiger partial charge in [0.2, 0.25) is 0 Å². The summed E-state index contributed by atoms with van der Waals surface area (Å²) >= 11 is 6.23. The molecule has 0 unspecified atom stereocenters. The van der Waals surface area contributed by atoms with Gasteiger partial charge in [-0.15, -0.1) is 0 Å². The molecule has 0 saturated heterocycles. The summed E-state index contributed by atoms with van der Waals surface area (Å²) in [6, 6.07) is 6.05. The molecule has 1 N–H and O–H groups in total. The molecule has 0 amide bonds. The highest BCUT2D eigenvalue weighted by Crippen LogP contribution is 2.34. The molecule has 3 rings (SSSR count). The normalized spacial score (nSPS) is 14.0. The summed E-state index contributed by atoms with van der Waals surface area (Å²) in [7, 11) is 0. The lowest BCUT2D eigenvalue weighted by Crippen LogP contribution is -2.12. The zero-order valence-electron chi connectivity index (χ0n) is 13.8. The molecule has 0 saturated carbocycles. The summed E-state index contributed by atoms with van der Waals surface area (Å²) in [4.78, 5) is 4.88. The van der Waals surface area contributed by atoms with Crippen molar-refractivity contribution in [3.05, 3.63) is 41.4 Å². The predicted octanol–water partition coefficient (Wildman–Crippen LogP) is 5.96. The van der Waals surface area contributed by atoms with E-state index in [0.29, 0.717) is 0 Å². The fourth-order valence-corrected chi connectivity index (χ4v) is 3.64. The Bertz CT molecular complexity index is 666. The molecule has 1 aliphatic carbocycles. The number of aromatic nitrogens is 1. The fraction of sp³-hybridized carbons (Fsp3) is 0.500. The third-order valence-electron chi connectivity index (χ3n) is 4.70. The van der Waals surface area contributed by atoms with Gasteiger partial charge in [0, 0.05) is 28.3 Å². The van der Waals surface area contributed by atoms with Crippen LogP contribution in [0.4, 0.5) is 5.69 Å². The number of benzene rings is 1. The first-order valence-corrected chi connectivity index (χ1v) is 9.31. The first kappa shape index (κ1) is 16.6. The second-order valence-electron chi connectivity index (χ2n) is 6.48. The van der Waals surface area contributed by atoms with Crippen LogP contribution in [0.1, 0.15) is 56.2 Å². The van der Waals surface area contributed by atoms with Gasteiger partial charge >= 0.3 is 0 Å². The summed E-state index contributed by atoms with van der Waals surface area (Å²) in [5, 5.41) is 5.67. The summed E-state index contributed by atoms with van der Waals surface area (Å²) in [5.74, 6) is 0. The van der Waals surface area contributed by atoms with E-state index >= 15 is 0 Å². The Kier molecular flexibility index (Phi) is 5.77. The van der Waals surface area contributed by atoms with Crippen molar-refractivity contribution in [1.82, 2.24) is 4.98 Å². The van der Waals surface area contributed by atoms with Gasteiger partial charge in [-0.05, 0) is 55.9 Å². The van der Waals surface area contributed by atoms with Crippen molar-refractivity contribution in [3.63, 3.8) is 0 Å². The second kappa shape index (κ2) is 8.01. The maximum atomic E-state index is 6.23. The molecule has 123 valence electrons. The molecule has 0 bridgehead atoms. The Balaban J connectivity index is 1.82. The largest absolute Gasteiger partial charge is 0.384 e. The van der Waals surface area contributed by atoms with E-state index in [0.717, 1.165) is 36.3 Å². The van der Waals surface area contributed by atoms with Gasteiger partial charge in [0.25, 0.3) is 0 Å². The number of halogens is 1. The number of aryl methyl sites for hydroxylation is 1. The monoisotopic (exact) mass is 329 g/mol. The molecule has 1 aromatic carbocycles. The molecule has 1 aliphatic rings. The molecule has 0 aliphatic heterocycles. The van der Waals surface area contributed by atoms with Crippen LogP contribution in [-0.2, 0) is 12.8 Å². The highest BCUT2D eigenvalue weighted by molar-refractivity contribution is 6.31. The van der Waals surface area contributed by atoms with E-state index in [1.54, 1.807) is 0 Å². The lowest BCUT2D eigenvalue weighted by atomic mass is 9.92.